The molecular formula is C21H17N3S2. The topological polar surface area (TPSA) is 38.1 Å². The van der Waals surface area contributed by atoms with Crippen LogP contribution in [0, 0.1) is 11.8 Å². The van der Waals surface area contributed by atoms with Crippen molar-refractivity contribution in [2.45, 2.75) is 26.2 Å². The number of nitrogens with zero attached hydrogens (tertiary/aromatic N) is 3. The highest BCUT2D eigenvalue weighted by Gasteiger charge is 2.04. The largest absolute Gasteiger partial charge is 0.229 e. The zero-order valence-corrected chi connectivity index (χ0v) is 16.0. The Morgan fingerprint density at radius 2 is 1.81 bits per heavy atom. The van der Waals surface area contributed by atoms with Gasteiger partial charge in [-0.3, -0.25) is 0 Å². The molecule has 0 aliphatic carbocycles. The predicted octanol–water partition coefficient (Wildman–Crippen LogP) is 5.68. The molecule has 5 heteroatoms. The third-order valence-corrected chi connectivity index (χ3v) is 5.02. The van der Waals surface area contributed by atoms with E-state index in [9.17, 15) is 0 Å². The minimum absolute atomic E-state index is 0.512. The van der Waals surface area contributed by atoms with Crippen molar-refractivity contribution in [2.24, 2.45) is 4.99 Å². The van der Waals surface area contributed by atoms with Crippen molar-refractivity contribution in [3.05, 3.63) is 65.1 Å². The number of rotatable bonds is 5. The zero-order valence-electron chi connectivity index (χ0n) is 14.4. The molecule has 0 amide bonds. The summed E-state index contributed by atoms with van der Waals surface area (Å²) < 4.78 is 0. The van der Waals surface area contributed by atoms with Crippen LogP contribution in [0.15, 0.2) is 53.8 Å². The first-order valence-corrected chi connectivity index (χ1v) is 9.62. The summed E-state index contributed by atoms with van der Waals surface area (Å²) in [6.07, 6.45) is 7.25. The number of aromatic nitrogens is 2. The van der Waals surface area contributed by atoms with Crippen molar-refractivity contribution in [3.8, 4) is 22.3 Å². The highest BCUT2D eigenvalue weighted by molar-refractivity contribution is 7.78. The first-order chi connectivity index (χ1) is 12.8. The van der Waals surface area contributed by atoms with Crippen LogP contribution in [0.3, 0.4) is 0 Å². The summed E-state index contributed by atoms with van der Waals surface area (Å²) in [6, 6.07) is 11.8. The maximum atomic E-state index is 4.59. The van der Waals surface area contributed by atoms with E-state index in [4.69, 9.17) is 0 Å². The summed E-state index contributed by atoms with van der Waals surface area (Å²) in [7, 11) is 0. The van der Waals surface area contributed by atoms with E-state index < -0.39 is 0 Å². The van der Waals surface area contributed by atoms with Crippen molar-refractivity contribution in [2.75, 3.05) is 0 Å². The fourth-order valence-electron chi connectivity index (χ4n) is 2.34. The van der Waals surface area contributed by atoms with Gasteiger partial charge >= 0.3 is 0 Å². The quantitative estimate of drug-likeness (QED) is 0.327. The molecule has 0 saturated heterocycles. The molecule has 0 unspecified atom stereocenters. The first-order valence-electron chi connectivity index (χ1n) is 8.39. The highest BCUT2D eigenvalue weighted by atomic mass is 32.1. The molecule has 0 radical (unpaired) electrons. The van der Waals surface area contributed by atoms with Gasteiger partial charge in [0.05, 0.1) is 10.8 Å². The van der Waals surface area contributed by atoms with Crippen LogP contribution < -0.4 is 0 Å². The standard InChI is InChI=1S/C21H17N3S2/c1-2-3-4-19-10-11-20(26-19)17-13-22-21(23-14-17)12-7-16-5-8-18(9-6-16)24-15-25/h5-6,8-11,13-14H,2-4H2,1H3. The smallest absolute Gasteiger partial charge is 0.205 e. The molecule has 0 aliphatic rings. The second kappa shape index (κ2) is 9.17. The van der Waals surface area contributed by atoms with E-state index >= 15 is 0 Å². The monoisotopic (exact) mass is 375 g/mol. The number of hydrogen-bond acceptors (Lipinski definition) is 5. The SMILES string of the molecule is CCCCc1ccc(-c2cnc(C#Cc3ccc(N=C=S)cc3)nc2)s1. The van der Waals surface area contributed by atoms with Crippen molar-refractivity contribution in [1.29, 1.82) is 0 Å². The van der Waals surface area contributed by atoms with E-state index in [2.05, 4.69) is 63.2 Å². The lowest BCUT2D eigenvalue weighted by Crippen LogP contribution is -1.88. The van der Waals surface area contributed by atoms with Crippen LogP contribution in [0.4, 0.5) is 5.69 Å². The minimum atomic E-state index is 0.512. The van der Waals surface area contributed by atoms with E-state index in [1.54, 1.807) is 0 Å². The lowest BCUT2D eigenvalue weighted by atomic mass is 10.2. The summed E-state index contributed by atoms with van der Waals surface area (Å²) in [5.41, 5.74) is 2.67. The maximum absolute atomic E-state index is 4.59. The molecule has 0 N–H and O–H groups in total. The summed E-state index contributed by atoms with van der Waals surface area (Å²) in [6.45, 7) is 2.21. The van der Waals surface area contributed by atoms with Gasteiger partial charge in [0.25, 0.3) is 0 Å². The van der Waals surface area contributed by atoms with Gasteiger partial charge in [-0.1, -0.05) is 19.3 Å². The van der Waals surface area contributed by atoms with E-state index in [0.717, 1.165) is 23.2 Å². The maximum Gasteiger partial charge on any atom is 0.205 e. The average Bonchev–Trinajstić information content (AvgIpc) is 3.15. The lowest BCUT2D eigenvalue weighted by Gasteiger charge is -1.97. The second-order valence-corrected chi connectivity index (χ2v) is 7.02. The molecule has 2 heterocycles. The van der Waals surface area contributed by atoms with Gasteiger partial charge in [0.15, 0.2) is 0 Å². The molecule has 0 saturated carbocycles. The minimum Gasteiger partial charge on any atom is -0.229 e. The van der Waals surface area contributed by atoms with Gasteiger partial charge in [0, 0.05) is 33.3 Å². The molecule has 26 heavy (non-hydrogen) atoms. The van der Waals surface area contributed by atoms with E-state index in [1.165, 1.54) is 22.6 Å². The molecule has 3 aromatic rings. The number of thiocarbonyl (C=S) groups is 1. The Balaban J connectivity index is 1.70. The number of isothiocyanates is 1. The molecule has 1 aromatic carbocycles. The molecule has 3 nitrogen and oxygen atoms in total. The second-order valence-electron chi connectivity index (χ2n) is 5.66. The molecule has 128 valence electrons. The summed E-state index contributed by atoms with van der Waals surface area (Å²) in [4.78, 5) is 15.3. The third kappa shape index (κ3) is 4.93. The van der Waals surface area contributed by atoms with Gasteiger partial charge in [-0.15, -0.1) is 11.3 Å². The van der Waals surface area contributed by atoms with E-state index in [0.29, 0.717) is 5.82 Å². The fourth-order valence-corrected chi connectivity index (χ4v) is 3.47. The van der Waals surface area contributed by atoms with E-state index in [-0.39, 0.29) is 0 Å². The third-order valence-electron chi connectivity index (χ3n) is 3.74. The first kappa shape index (κ1) is 18.2. The fraction of sp³-hybridized carbons (Fsp3) is 0.190. The van der Waals surface area contributed by atoms with Crippen molar-refractivity contribution >= 4 is 34.4 Å². The normalized spacial score (nSPS) is 9.88. The van der Waals surface area contributed by atoms with Crippen LogP contribution in [-0.4, -0.2) is 15.1 Å². The van der Waals surface area contributed by atoms with Gasteiger partial charge in [0.2, 0.25) is 5.82 Å². The Kier molecular flexibility index (Phi) is 6.40. The Morgan fingerprint density at radius 3 is 2.50 bits per heavy atom. The van der Waals surface area contributed by atoms with Crippen molar-refractivity contribution in [3.63, 3.8) is 0 Å². The van der Waals surface area contributed by atoms with Crippen LogP contribution >= 0.6 is 23.6 Å². The average molecular weight is 376 g/mol. The van der Waals surface area contributed by atoms with Crippen LogP contribution in [0.2, 0.25) is 0 Å². The van der Waals surface area contributed by atoms with Crippen LogP contribution in [0.5, 0.6) is 0 Å². The zero-order chi connectivity index (χ0) is 18.2. The highest BCUT2D eigenvalue weighted by Crippen LogP contribution is 2.28. The molecular weight excluding hydrogens is 358 g/mol. The van der Waals surface area contributed by atoms with Crippen molar-refractivity contribution in [1.82, 2.24) is 9.97 Å². The molecule has 0 spiro atoms. The summed E-state index contributed by atoms with van der Waals surface area (Å²) in [5.74, 6) is 6.56. The molecule has 0 bridgehead atoms. The van der Waals surface area contributed by atoms with Crippen molar-refractivity contribution < 1.29 is 0 Å². The Hall–Kier alpha value is -2.64. The molecule has 0 aliphatic heterocycles. The number of hydrogen-bond donors (Lipinski definition) is 0. The van der Waals surface area contributed by atoms with E-state index in [1.807, 2.05) is 48.0 Å². The Morgan fingerprint density at radius 1 is 1.04 bits per heavy atom. The molecule has 3 rings (SSSR count). The molecule has 0 atom stereocenters. The lowest BCUT2D eigenvalue weighted by molar-refractivity contribution is 0.804. The number of thiophene rings is 1. The number of benzene rings is 1. The van der Waals surface area contributed by atoms with Gasteiger partial charge in [-0.05, 0) is 67.4 Å². The summed E-state index contributed by atoms with van der Waals surface area (Å²) in [5, 5.41) is 2.34. The molecule has 2 aromatic heterocycles. The van der Waals surface area contributed by atoms with Gasteiger partial charge < -0.3 is 0 Å². The number of aliphatic imine (C=N–C) groups is 1. The van der Waals surface area contributed by atoms with Crippen LogP contribution in [0.1, 0.15) is 36.0 Å². The molecule has 0 fully saturated rings. The predicted molar refractivity (Wildman–Crippen MR) is 111 cm³/mol. The van der Waals surface area contributed by atoms with Gasteiger partial charge in [-0.25, -0.2) is 9.97 Å². The van der Waals surface area contributed by atoms with Crippen LogP contribution in [-0.2, 0) is 6.42 Å². The van der Waals surface area contributed by atoms with Gasteiger partial charge in [-0.2, -0.15) is 4.99 Å². The van der Waals surface area contributed by atoms with Crippen LogP contribution in [0.25, 0.3) is 10.4 Å². The number of unbranched alkanes of at least 4 members (excludes halogenated alkanes) is 1. The summed E-state index contributed by atoms with van der Waals surface area (Å²) >= 11 is 6.40. The Labute approximate surface area is 162 Å². The number of aryl methyl sites for hydroxylation is 1. The van der Waals surface area contributed by atoms with Gasteiger partial charge in [0.1, 0.15) is 0 Å². The Bertz CT molecular complexity index is 971.